The molecule has 222 valence electrons. The van der Waals surface area contributed by atoms with Crippen molar-refractivity contribution >= 4 is 17.6 Å². The average molecular weight is 564 g/mol. The Morgan fingerprint density at radius 1 is 1.15 bits per heavy atom. The number of allylic oxidation sites excluding steroid dienone is 2. The van der Waals surface area contributed by atoms with Crippen LogP contribution in [-0.2, 0) is 16.1 Å². The summed E-state index contributed by atoms with van der Waals surface area (Å²) in [6, 6.07) is 13.2. The van der Waals surface area contributed by atoms with Crippen LogP contribution in [0.5, 0.6) is 11.5 Å². The lowest BCUT2D eigenvalue weighted by molar-refractivity contribution is -0.143. The Labute approximate surface area is 244 Å². The zero-order valence-corrected chi connectivity index (χ0v) is 25.1. The van der Waals surface area contributed by atoms with Crippen LogP contribution >= 0.6 is 0 Å². The molecule has 3 atom stereocenters. The average Bonchev–Trinajstić information content (AvgIpc) is 3.52. The lowest BCUT2D eigenvalue weighted by Crippen LogP contribution is -2.45. The number of fused-ring (bicyclic) bond motifs is 1. The summed E-state index contributed by atoms with van der Waals surface area (Å²) in [7, 11) is 0. The van der Waals surface area contributed by atoms with E-state index in [1.807, 2.05) is 47.4 Å². The highest BCUT2D eigenvalue weighted by Crippen LogP contribution is 2.45. The number of carbonyl (C=O) groups is 2. The van der Waals surface area contributed by atoms with Crippen molar-refractivity contribution in [2.24, 2.45) is 17.1 Å². The van der Waals surface area contributed by atoms with Crippen LogP contribution in [0.4, 0.5) is 5.69 Å². The predicted octanol–water partition coefficient (Wildman–Crippen LogP) is 5.56. The molecule has 0 saturated carbocycles. The number of amides is 1. The minimum Gasteiger partial charge on any atom is -0.481 e. The molecule has 8 heteroatoms. The van der Waals surface area contributed by atoms with E-state index in [4.69, 9.17) is 15.2 Å². The van der Waals surface area contributed by atoms with Gasteiger partial charge < -0.3 is 25.2 Å². The molecule has 0 unspecified atom stereocenters. The summed E-state index contributed by atoms with van der Waals surface area (Å²) in [5.41, 5.74) is 9.51. The maximum absolute atomic E-state index is 14.0. The quantitative estimate of drug-likeness (QED) is 0.326. The molecular weight excluding hydrogens is 518 g/mol. The van der Waals surface area contributed by atoms with E-state index in [-0.39, 0.29) is 36.6 Å². The van der Waals surface area contributed by atoms with Gasteiger partial charge in [0, 0.05) is 37.3 Å². The molecule has 1 fully saturated rings. The van der Waals surface area contributed by atoms with Crippen molar-refractivity contribution in [1.82, 2.24) is 4.90 Å². The van der Waals surface area contributed by atoms with E-state index in [1.54, 1.807) is 0 Å². The Balaban J connectivity index is 1.69. The van der Waals surface area contributed by atoms with Crippen molar-refractivity contribution in [3.8, 4) is 11.5 Å². The first-order valence-corrected chi connectivity index (χ1v) is 14.6. The lowest BCUT2D eigenvalue weighted by Gasteiger charge is -2.34. The SMILES string of the molecule is CCCCN(C(=O)CN1C[C@H](c2ccc3c(c2)OCO3)[C@@H](C(=O)O)[C@@H]1CC(C)(C)C=C(C)C)c1cccc(CN)c1. The van der Waals surface area contributed by atoms with Gasteiger partial charge in [-0.2, -0.15) is 0 Å². The molecule has 2 aliphatic heterocycles. The molecule has 2 aromatic rings. The molecule has 2 aromatic carbocycles. The molecular formula is C33H45N3O5. The van der Waals surface area contributed by atoms with Crippen LogP contribution in [0.1, 0.15) is 70.9 Å². The Bertz CT molecular complexity index is 1270. The number of carbonyl (C=O) groups excluding carboxylic acids is 1. The maximum atomic E-state index is 14.0. The normalized spacial score (nSPS) is 20.2. The number of likely N-dealkylation sites (tertiary alicyclic amines) is 1. The van der Waals surface area contributed by atoms with Gasteiger partial charge >= 0.3 is 5.97 Å². The fraction of sp³-hybridized carbons (Fsp3) is 0.515. The number of aliphatic carboxylic acids is 1. The first-order chi connectivity index (χ1) is 19.5. The first-order valence-electron chi connectivity index (χ1n) is 14.6. The van der Waals surface area contributed by atoms with E-state index in [2.05, 4.69) is 45.6 Å². The fourth-order valence-corrected chi connectivity index (χ4v) is 6.43. The second-order valence-corrected chi connectivity index (χ2v) is 12.3. The molecule has 0 bridgehead atoms. The van der Waals surface area contributed by atoms with Crippen LogP contribution in [0.3, 0.4) is 0 Å². The van der Waals surface area contributed by atoms with Gasteiger partial charge in [-0.1, -0.05) is 57.0 Å². The van der Waals surface area contributed by atoms with E-state index < -0.39 is 11.9 Å². The number of unbranched alkanes of at least 4 members (excludes halogenated alkanes) is 1. The molecule has 3 N–H and O–H groups in total. The van der Waals surface area contributed by atoms with Gasteiger partial charge in [0.1, 0.15) is 0 Å². The van der Waals surface area contributed by atoms with Crippen LogP contribution in [0.25, 0.3) is 0 Å². The van der Waals surface area contributed by atoms with Crippen molar-refractivity contribution < 1.29 is 24.2 Å². The van der Waals surface area contributed by atoms with Gasteiger partial charge in [0.2, 0.25) is 12.7 Å². The van der Waals surface area contributed by atoms with Crippen LogP contribution < -0.4 is 20.1 Å². The molecule has 41 heavy (non-hydrogen) atoms. The highest BCUT2D eigenvalue weighted by molar-refractivity contribution is 5.95. The predicted molar refractivity (Wildman–Crippen MR) is 161 cm³/mol. The highest BCUT2D eigenvalue weighted by atomic mass is 16.7. The Kier molecular flexibility index (Phi) is 9.76. The summed E-state index contributed by atoms with van der Waals surface area (Å²) < 4.78 is 11.1. The summed E-state index contributed by atoms with van der Waals surface area (Å²) in [6.45, 7) is 12.2. The summed E-state index contributed by atoms with van der Waals surface area (Å²) in [5, 5.41) is 10.6. The van der Waals surface area contributed by atoms with Gasteiger partial charge in [-0.15, -0.1) is 0 Å². The van der Waals surface area contributed by atoms with Crippen LogP contribution in [-0.4, -0.2) is 54.4 Å². The van der Waals surface area contributed by atoms with Crippen molar-refractivity contribution in [3.63, 3.8) is 0 Å². The smallest absolute Gasteiger partial charge is 0.308 e. The van der Waals surface area contributed by atoms with Gasteiger partial charge in [-0.05, 0) is 67.5 Å². The van der Waals surface area contributed by atoms with Gasteiger partial charge in [-0.3, -0.25) is 14.5 Å². The summed E-state index contributed by atoms with van der Waals surface area (Å²) in [4.78, 5) is 30.9. The Morgan fingerprint density at radius 3 is 2.59 bits per heavy atom. The molecule has 0 aromatic heterocycles. The third kappa shape index (κ3) is 7.29. The number of carboxylic acids is 1. The topological polar surface area (TPSA) is 105 Å². The third-order valence-corrected chi connectivity index (χ3v) is 8.11. The number of hydrogen-bond donors (Lipinski definition) is 2. The van der Waals surface area contributed by atoms with Crippen molar-refractivity contribution in [1.29, 1.82) is 0 Å². The Morgan fingerprint density at radius 2 is 1.90 bits per heavy atom. The van der Waals surface area contributed by atoms with E-state index in [9.17, 15) is 14.7 Å². The van der Waals surface area contributed by atoms with Crippen LogP contribution in [0.2, 0.25) is 0 Å². The van der Waals surface area contributed by atoms with Gasteiger partial charge in [0.05, 0.1) is 12.5 Å². The van der Waals surface area contributed by atoms with E-state index in [0.29, 0.717) is 37.6 Å². The maximum Gasteiger partial charge on any atom is 0.308 e. The second-order valence-electron chi connectivity index (χ2n) is 12.3. The molecule has 0 aliphatic carbocycles. The standard InChI is InChI=1S/C33H45N3O5/c1-6-7-13-36(25-10-8-9-23(14-25)18-34)30(37)20-35-19-26(24-11-12-28-29(15-24)41-21-40-28)31(32(38)39)27(35)17-33(4,5)16-22(2)3/h8-12,14-16,26-27,31H,6-7,13,17-21,34H2,1-5H3,(H,38,39)/t26-,27+,31-/m1/s1. The van der Waals surface area contributed by atoms with Crippen molar-refractivity contribution in [2.75, 3.05) is 31.3 Å². The van der Waals surface area contributed by atoms with Crippen molar-refractivity contribution in [3.05, 3.63) is 65.2 Å². The molecule has 4 rings (SSSR count). The molecule has 0 spiro atoms. The van der Waals surface area contributed by atoms with E-state index in [1.165, 1.54) is 5.57 Å². The number of benzene rings is 2. The number of nitrogens with two attached hydrogens (primary N) is 1. The van der Waals surface area contributed by atoms with E-state index in [0.717, 1.165) is 29.7 Å². The number of hydrogen-bond acceptors (Lipinski definition) is 6. The minimum atomic E-state index is -0.848. The van der Waals surface area contributed by atoms with E-state index >= 15 is 0 Å². The molecule has 2 heterocycles. The number of ether oxygens (including phenoxy) is 2. The van der Waals surface area contributed by atoms with Crippen LogP contribution in [0.15, 0.2) is 54.1 Å². The molecule has 1 saturated heterocycles. The monoisotopic (exact) mass is 563 g/mol. The number of nitrogens with zero attached hydrogens (tertiary/aromatic N) is 2. The van der Waals surface area contributed by atoms with Gasteiger partial charge in [-0.25, -0.2) is 0 Å². The number of rotatable bonds is 12. The largest absolute Gasteiger partial charge is 0.481 e. The zero-order chi connectivity index (χ0) is 29.7. The molecule has 2 aliphatic rings. The molecule has 1 amide bonds. The summed E-state index contributed by atoms with van der Waals surface area (Å²) in [5.74, 6) is -0.567. The minimum absolute atomic E-state index is 0.0342. The number of carboxylic acid groups (broad SMARTS) is 1. The Hall–Kier alpha value is -3.36. The van der Waals surface area contributed by atoms with Crippen molar-refractivity contribution in [2.45, 2.75) is 72.4 Å². The fourth-order valence-electron chi connectivity index (χ4n) is 6.43. The first kappa shape index (κ1) is 30.6. The lowest BCUT2D eigenvalue weighted by atomic mass is 9.77. The molecule has 0 radical (unpaired) electrons. The second kappa shape index (κ2) is 13.1. The highest BCUT2D eigenvalue weighted by Gasteiger charge is 2.48. The van der Waals surface area contributed by atoms with Gasteiger partial charge in [0.25, 0.3) is 0 Å². The summed E-state index contributed by atoms with van der Waals surface area (Å²) >= 11 is 0. The van der Waals surface area contributed by atoms with Crippen LogP contribution in [0, 0.1) is 11.3 Å². The van der Waals surface area contributed by atoms with Gasteiger partial charge in [0.15, 0.2) is 11.5 Å². The zero-order valence-electron chi connectivity index (χ0n) is 25.1. The number of anilines is 1. The third-order valence-electron chi connectivity index (χ3n) is 8.11. The molecule has 8 nitrogen and oxygen atoms in total. The summed E-state index contributed by atoms with van der Waals surface area (Å²) in [6.07, 6.45) is 4.64.